The van der Waals surface area contributed by atoms with Gasteiger partial charge >= 0.3 is 0 Å². The van der Waals surface area contributed by atoms with Crippen molar-refractivity contribution in [2.75, 3.05) is 26.3 Å². The largest absolute Gasteiger partial charge is 0.394 e. The molecule has 3 N–H and O–H groups in total. The lowest BCUT2D eigenvalue weighted by atomic mass is 10.1. The smallest absolute Gasteiger partial charge is 0.244 e. The molecule has 2 rings (SSSR count). The maximum atomic E-state index is 12.1. The topological polar surface area (TPSA) is 106 Å². The van der Waals surface area contributed by atoms with Gasteiger partial charge in [0.2, 0.25) is 5.91 Å². The van der Waals surface area contributed by atoms with Crippen molar-refractivity contribution in [1.29, 1.82) is 0 Å². The summed E-state index contributed by atoms with van der Waals surface area (Å²) in [5.41, 5.74) is 6.12. The summed E-state index contributed by atoms with van der Waals surface area (Å²) in [6, 6.07) is 0. The third-order valence-corrected chi connectivity index (χ3v) is 3.33. The lowest BCUT2D eigenvalue weighted by Gasteiger charge is -2.31. The van der Waals surface area contributed by atoms with Gasteiger partial charge in [-0.05, 0) is 12.8 Å². The zero-order valence-corrected chi connectivity index (χ0v) is 11.4. The van der Waals surface area contributed by atoms with Gasteiger partial charge in [-0.1, -0.05) is 5.21 Å². The average Bonchev–Trinajstić information content (AvgIpc) is 2.93. The Morgan fingerprint density at radius 2 is 2.25 bits per heavy atom. The zero-order chi connectivity index (χ0) is 14.4. The van der Waals surface area contributed by atoms with Gasteiger partial charge < -0.3 is 20.5 Å². The van der Waals surface area contributed by atoms with Crippen LogP contribution in [-0.4, -0.2) is 63.3 Å². The molecule has 0 radical (unpaired) electrons. The minimum absolute atomic E-state index is 0.0269. The minimum atomic E-state index is 0.0269. The number of amides is 1. The molecule has 8 heteroatoms. The van der Waals surface area contributed by atoms with Crippen molar-refractivity contribution >= 4 is 5.91 Å². The highest BCUT2D eigenvalue weighted by molar-refractivity contribution is 5.75. The third kappa shape index (κ3) is 3.99. The zero-order valence-electron chi connectivity index (χ0n) is 11.4. The number of aromatic nitrogens is 3. The van der Waals surface area contributed by atoms with E-state index in [4.69, 9.17) is 15.6 Å². The molecule has 1 fully saturated rings. The monoisotopic (exact) mass is 283 g/mol. The molecule has 1 amide bonds. The van der Waals surface area contributed by atoms with Gasteiger partial charge in [-0.15, -0.1) is 5.10 Å². The van der Waals surface area contributed by atoms with E-state index < -0.39 is 0 Å². The van der Waals surface area contributed by atoms with Crippen molar-refractivity contribution in [2.24, 2.45) is 5.73 Å². The summed E-state index contributed by atoms with van der Waals surface area (Å²) >= 11 is 0. The van der Waals surface area contributed by atoms with Crippen LogP contribution in [0.1, 0.15) is 18.5 Å². The highest BCUT2D eigenvalue weighted by Crippen LogP contribution is 2.14. The van der Waals surface area contributed by atoms with E-state index >= 15 is 0 Å². The van der Waals surface area contributed by atoms with Gasteiger partial charge in [0.1, 0.15) is 6.54 Å². The summed E-state index contributed by atoms with van der Waals surface area (Å²) in [5, 5.41) is 16.4. The number of ether oxygens (including phenoxy) is 1. The standard InChI is InChI=1S/C12H21N5O3/c13-7-10-8-17(15-14-10)9-12(19)16-3-1-11(2-4-16)20-6-5-18/h8,11,18H,1-7,9,13H2. The van der Waals surface area contributed by atoms with Crippen LogP contribution in [0.3, 0.4) is 0 Å². The molecule has 0 bridgehead atoms. The van der Waals surface area contributed by atoms with Crippen LogP contribution >= 0.6 is 0 Å². The van der Waals surface area contributed by atoms with Crippen LogP contribution < -0.4 is 5.73 Å². The summed E-state index contributed by atoms with van der Waals surface area (Å²) in [7, 11) is 0. The summed E-state index contributed by atoms with van der Waals surface area (Å²) in [4.78, 5) is 13.9. The molecular weight excluding hydrogens is 262 g/mol. The normalized spacial score (nSPS) is 16.6. The first kappa shape index (κ1) is 14.9. The number of nitrogens with zero attached hydrogens (tertiary/aromatic N) is 4. The van der Waals surface area contributed by atoms with E-state index in [2.05, 4.69) is 10.3 Å². The fraction of sp³-hybridized carbons (Fsp3) is 0.750. The number of nitrogens with two attached hydrogens (primary N) is 1. The number of aliphatic hydroxyl groups excluding tert-OH is 1. The number of aliphatic hydroxyl groups is 1. The lowest BCUT2D eigenvalue weighted by molar-refractivity contribution is -0.134. The van der Waals surface area contributed by atoms with Crippen LogP contribution in [0.15, 0.2) is 6.20 Å². The molecule has 20 heavy (non-hydrogen) atoms. The Bertz CT molecular complexity index is 428. The van der Waals surface area contributed by atoms with Gasteiger partial charge in [0.25, 0.3) is 0 Å². The van der Waals surface area contributed by atoms with Crippen molar-refractivity contribution in [2.45, 2.75) is 32.0 Å². The second-order valence-corrected chi connectivity index (χ2v) is 4.79. The number of piperidine rings is 1. The quantitative estimate of drug-likeness (QED) is 0.674. The van der Waals surface area contributed by atoms with Gasteiger partial charge in [0, 0.05) is 19.6 Å². The Hall–Kier alpha value is -1.51. The van der Waals surface area contributed by atoms with E-state index in [1.165, 1.54) is 4.68 Å². The molecule has 0 saturated carbocycles. The summed E-state index contributed by atoms with van der Waals surface area (Å²) in [6.45, 7) is 2.26. The number of hydrogen-bond donors (Lipinski definition) is 2. The summed E-state index contributed by atoms with van der Waals surface area (Å²) in [5.74, 6) is 0.0269. The van der Waals surface area contributed by atoms with Crippen molar-refractivity contribution in [3.05, 3.63) is 11.9 Å². The Labute approximate surface area is 117 Å². The predicted molar refractivity (Wildman–Crippen MR) is 70.6 cm³/mol. The fourth-order valence-electron chi connectivity index (χ4n) is 2.24. The van der Waals surface area contributed by atoms with Crippen LogP contribution in [0.5, 0.6) is 0 Å². The van der Waals surface area contributed by atoms with Gasteiger partial charge in [0.15, 0.2) is 0 Å². The van der Waals surface area contributed by atoms with Crippen LogP contribution in [0.4, 0.5) is 0 Å². The van der Waals surface area contributed by atoms with Crippen LogP contribution in [0, 0.1) is 0 Å². The van der Waals surface area contributed by atoms with Gasteiger partial charge in [-0.3, -0.25) is 4.79 Å². The highest BCUT2D eigenvalue weighted by atomic mass is 16.5. The van der Waals surface area contributed by atoms with E-state index in [0.717, 1.165) is 12.8 Å². The van der Waals surface area contributed by atoms with E-state index in [-0.39, 0.29) is 25.2 Å². The van der Waals surface area contributed by atoms with Crippen LogP contribution in [-0.2, 0) is 22.6 Å². The van der Waals surface area contributed by atoms with E-state index in [1.807, 2.05) is 4.90 Å². The predicted octanol–water partition coefficient (Wildman–Crippen LogP) is -1.26. The second kappa shape index (κ2) is 7.32. The number of likely N-dealkylation sites (tertiary alicyclic amines) is 1. The van der Waals surface area contributed by atoms with Gasteiger partial charge in [-0.2, -0.15) is 0 Å². The maximum absolute atomic E-state index is 12.1. The fourth-order valence-corrected chi connectivity index (χ4v) is 2.24. The molecule has 1 aromatic heterocycles. The molecule has 0 aliphatic carbocycles. The number of carbonyl (C=O) groups excluding carboxylic acids is 1. The number of rotatable bonds is 6. The van der Waals surface area contributed by atoms with Gasteiger partial charge in [-0.25, -0.2) is 4.68 Å². The highest BCUT2D eigenvalue weighted by Gasteiger charge is 2.23. The first-order valence-corrected chi connectivity index (χ1v) is 6.82. The average molecular weight is 283 g/mol. The van der Waals surface area contributed by atoms with E-state index in [0.29, 0.717) is 31.9 Å². The lowest BCUT2D eigenvalue weighted by Crippen LogP contribution is -2.42. The van der Waals surface area contributed by atoms with Crippen molar-refractivity contribution in [1.82, 2.24) is 19.9 Å². The Balaban J connectivity index is 1.76. The second-order valence-electron chi connectivity index (χ2n) is 4.79. The Morgan fingerprint density at radius 1 is 1.50 bits per heavy atom. The van der Waals surface area contributed by atoms with Gasteiger partial charge in [0.05, 0.1) is 31.2 Å². The molecule has 1 aliphatic rings. The molecule has 1 saturated heterocycles. The van der Waals surface area contributed by atoms with Crippen LogP contribution in [0.25, 0.3) is 0 Å². The third-order valence-electron chi connectivity index (χ3n) is 3.33. The summed E-state index contributed by atoms with van der Waals surface area (Å²) < 4.78 is 6.98. The molecule has 0 aromatic carbocycles. The molecule has 112 valence electrons. The summed E-state index contributed by atoms with van der Waals surface area (Å²) in [6.07, 6.45) is 3.44. The van der Waals surface area contributed by atoms with E-state index in [1.54, 1.807) is 6.20 Å². The van der Waals surface area contributed by atoms with Crippen molar-refractivity contribution in [3.63, 3.8) is 0 Å². The molecule has 0 spiro atoms. The molecule has 0 unspecified atom stereocenters. The van der Waals surface area contributed by atoms with Crippen LogP contribution in [0.2, 0.25) is 0 Å². The first-order chi connectivity index (χ1) is 9.72. The Morgan fingerprint density at radius 3 is 2.85 bits per heavy atom. The molecule has 1 aromatic rings. The number of carbonyl (C=O) groups is 1. The SMILES string of the molecule is NCc1cn(CC(=O)N2CCC(OCCO)CC2)nn1. The first-order valence-electron chi connectivity index (χ1n) is 6.82. The molecule has 8 nitrogen and oxygen atoms in total. The van der Waals surface area contributed by atoms with Crippen molar-refractivity contribution < 1.29 is 14.6 Å². The Kier molecular flexibility index (Phi) is 5.45. The molecule has 2 heterocycles. The maximum Gasteiger partial charge on any atom is 0.244 e. The number of hydrogen-bond acceptors (Lipinski definition) is 6. The molecular formula is C12H21N5O3. The minimum Gasteiger partial charge on any atom is -0.394 e. The molecule has 1 aliphatic heterocycles. The molecule has 0 atom stereocenters. The van der Waals surface area contributed by atoms with Crippen molar-refractivity contribution in [3.8, 4) is 0 Å². The van der Waals surface area contributed by atoms with E-state index in [9.17, 15) is 4.79 Å².